The van der Waals surface area contributed by atoms with Gasteiger partial charge in [0.25, 0.3) is 0 Å². The third-order valence-electron chi connectivity index (χ3n) is 4.96. The van der Waals surface area contributed by atoms with Crippen molar-refractivity contribution in [3.8, 4) is 33.4 Å². The SMILES string of the molecule is C=Cc1ccc(-c2ccc(-c3ccc(-c4cc(F)c(F)c(F)c4)c(F)c3)cc2)cc1. The lowest BCUT2D eigenvalue weighted by molar-refractivity contribution is 0.447. The van der Waals surface area contributed by atoms with Crippen molar-refractivity contribution in [3.63, 3.8) is 0 Å². The van der Waals surface area contributed by atoms with Crippen LogP contribution in [0.1, 0.15) is 5.56 Å². The minimum absolute atomic E-state index is 0.00419. The molecule has 4 heteroatoms. The molecular formula is C26H16F4. The van der Waals surface area contributed by atoms with E-state index in [1.54, 1.807) is 12.1 Å². The first-order chi connectivity index (χ1) is 14.5. The number of hydrogen-bond acceptors (Lipinski definition) is 0. The molecule has 0 saturated heterocycles. The first-order valence-electron chi connectivity index (χ1n) is 9.24. The fourth-order valence-electron chi connectivity index (χ4n) is 3.31. The van der Waals surface area contributed by atoms with E-state index < -0.39 is 23.3 Å². The average Bonchev–Trinajstić information content (AvgIpc) is 2.77. The zero-order valence-corrected chi connectivity index (χ0v) is 15.8. The van der Waals surface area contributed by atoms with E-state index in [4.69, 9.17) is 0 Å². The van der Waals surface area contributed by atoms with E-state index >= 15 is 0 Å². The molecule has 0 N–H and O–H groups in total. The smallest absolute Gasteiger partial charge is 0.194 e. The highest BCUT2D eigenvalue weighted by molar-refractivity contribution is 5.74. The van der Waals surface area contributed by atoms with Gasteiger partial charge in [-0.2, -0.15) is 0 Å². The third kappa shape index (κ3) is 3.77. The van der Waals surface area contributed by atoms with Gasteiger partial charge in [0.2, 0.25) is 0 Å². The van der Waals surface area contributed by atoms with E-state index in [2.05, 4.69) is 6.58 Å². The molecule has 0 bridgehead atoms. The molecule has 148 valence electrons. The molecule has 0 fully saturated rings. The maximum atomic E-state index is 14.7. The van der Waals surface area contributed by atoms with Crippen LogP contribution in [0.2, 0.25) is 0 Å². The second-order valence-electron chi connectivity index (χ2n) is 6.85. The predicted molar refractivity (Wildman–Crippen MR) is 113 cm³/mol. The van der Waals surface area contributed by atoms with Crippen molar-refractivity contribution in [1.29, 1.82) is 0 Å². The molecule has 0 aromatic heterocycles. The summed E-state index contributed by atoms with van der Waals surface area (Å²) in [5, 5.41) is 0. The quantitative estimate of drug-likeness (QED) is 0.240. The van der Waals surface area contributed by atoms with Gasteiger partial charge in [-0.05, 0) is 51.6 Å². The summed E-state index contributed by atoms with van der Waals surface area (Å²) in [5.74, 6) is -4.94. The lowest BCUT2D eigenvalue weighted by Gasteiger charge is -2.09. The fourth-order valence-corrected chi connectivity index (χ4v) is 3.31. The summed E-state index contributed by atoms with van der Waals surface area (Å²) < 4.78 is 54.8. The van der Waals surface area contributed by atoms with Crippen molar-refractivity contribution in [1.82, 2.24) is 0 Å². The molecule has 0 atom stereocenters. The number of rotatable bonds is 4. The molecule has 4 aromatic carbocycles. The largest absolute Gasteiger partial charge is 0.206 e. The van der Waals surface area contributed by atoms with Crippen LogP contribution >= 0.6 is 0 Å². The van der Waals surface area contributed by atoms with E-state index in [1.807, 2.05) is 48.5 Å². The Labute approximate surface area is 171 Å². The summed E-state index contributed by atoms with van der Waals surface area (Å²) >= 11 is 0. The molecule has 0 aliphatic heterocycles. The summed E-state index contributed by atoms with van der Waals surface area (Å²) in [5.41, 5.74) is 4.45. The molecule has 0 heterocycles. The molecule has 0 amide bonds. The van der Waals surface area contributed by atoms with Gasteiger partial charge in [0.15, 0.2) is 17.5 Å². The molecule has 0 aliphatic carbocycles. The topological polar surface area (TPSA) is 0 Å². The standard InChI is InChI=1S/C26H16F4/c1-2-16-3-5-17(6-4-16)18-7-9-19(10-8-18)20-11-12-22(23(27)13-20)21-14-24(28)26(30)25(29)15-21/h2-15H,1H2. The Bertz CT molecular complexity index is 1200. The van der Waals surface area contributed by atoms with Crippen molar-refractivity contribution in [2.45, 2.75) is 0 Å². The van der Waals surface area contributed by atoms with Crippen LogP contribution in [0.5, 0.6) is 0 Å². The molecule has 30 heavy (non-hydrogen) atoms. The minimum Gasteiger partial charge on any atom is -0.206 e. The summed E-state index contributed by atoms with van der Waals surface area (Å²) in [6.07, 6.45) is 1.78. The van der Waals surface area contributed by atoms with Gasteiger partial charge in [0, 0.05) is 5.56 Å². The Morgan fingerprint density at radius 2 is 0.933 bits per heavy atom. The summed E-state index contributed by atoms with van der Waals surface area (Å²) in [4.78, 5) is 0. The second kappa shape index (κ2) is 7.99. The summed E-state index contributed by atoms with van der Waals surface area (Å²) in [6.45, 7) is 3.74. The zero-order chi connectivity index (χ0) is 21.3. The van der Waals surface area contributed by atoms with Gasteiger partial charge in [-0.1, -0.05) is 73.3 Å². The second-order valence-corrected chi connectivity index (χ2v) is 6.85. The van der Waals surface area contributed by atoms with Crippen LogP contribution in [0.15, 0.2) is 85.4 Å². The maximum absolute atomic E-state index is 14.7. The van der Waals surface area contributed by atoms with Crippen molar-refractivity contribution < 1.29 is 17.6 Å². The van der Waals surface area contributed by atoms with Crippen molar-refractivity contribution in [3.05, 3.63) is 114 Å². The summed E-state index contributed by atoms with van der Waals surface area (Å²) in [7, 11) is 0. The van der Waals surface area contributed by atoms with Crippen LogP contribution < -0.4 is 0 Å². The number of halogens is 4. The van der Waals surface area contributed by atoms with Gasteiger partial charge < -0.3 is 0 Å². The lowest BCUT2D eigenvalue weighted by Crippen LogP contribution is -1.94. The van der Waals surface area contributed by atoms with Gasteiger partial charge >= 0.3 is 0 Å². The van der Waals surface area contributed by atoms with E-state index in [1.165, 1.54) is 12.1 Å². The highest BCUT2D eigenvalue weighted by Gasteiger charge is 2.14. The molecule has 0 aliphatic rings. The molecular weight excluding hydrogens is 388 g/mol. The first-order valence-corrected chi connectivity index (χ1v) is 9.24. The number of hydrogen-bond donors (Lipinski definition) is 0. The molecule has 0 spiro atoms. The van der Waals surface area contributed by atoms with Crippen LogP contribution in [0.25, 0.3) is 39.5 Å². The molecule has 4 aromatic rings. The van der Waals surface area contributed by atoms with Crippen LogP contribution in [0.4, 0.5) is 17.6 Å². The normalized spacial score (nSPS) is 10.8. The monoisotopic (exact) mass is 404 g/mol. The highest BCUT2D eigenvalue weighted by Crippen LogP contribution is 2.31. The van der Waals surface area contributed by atoms with E-state index in [9.17, 15) is 17.6 Å². The lowest BCUT2D eigenvalue weighted by atomic mass is 9.97. The molecule has 4 rings (SSSR count). The molecule has 0 nitrogen and oxygen atoms in total. The maximum Gasteiger partial charge on any atom is 0.194 e. The predicted octanol–water partition coefficient (Wildman–Crippen LogP) is 7.89. The Hall–Kier alpha value is -3.66. The Kier molecular flexibility index (Phi) is 5.23. The van der Waals surface area contributed by atoms with Gasteiger partial charge in [0.1, 0.15) is 5.82 Å². The average molecular weight is 404 g/mol. The van der Waals surface area contributed by atoms with Crippen LogP contribution in [0.3, 0.4) is 0 Å². The molecule has 0 unspecified atom stereocenters. The number of benzene rings is 4. The Morgan fingerprint density at radius 3 is 1.43 bits per heavy atom. The summed E-state index contributed by atoms with van der Waals surface area (Å²) in [6, 6.07) is 21.5. The van der Waals surface area contributed by atoms with Crippen LogP contribution in [0, 0.1) is 23.3 Å². The highest BCUT2D eigenvalue weighted by atomic mass is 19.2. The van der Waals surface area contributed by atoms with Gasteiger partial charge in [-0.15, -0.1) is 0 Å². The fraction of sp³-hybridized carbons (Fsp3) is 0. The Morgan fingerprint density at radius 1 is 0.500 bits per heavy atom. The van der Waals surface area contributed by atoms with Crippen LogP contribution in [-0.2, 0) is 0 Å². The first kappa shape index (κ1) is 19.6. The van der Waals surface area contributed by atoms with Crippen molar-refractivity contribution in [2.75, 3.05) is 0 Å². The third-order valence-corrected chi connectivity index (χ3v) is 4.96. The van der Waals surface area contributed by atoms with Crippen molar-refractivity contribution >= 4 is 6.08 Å². The molecule has 0 saturated carbocycles. The van der Waals surface area contributed by atoms with E-state index in [0.29, 0.717) is 5.56 Å². The molecule has 0 radical (unpaired) electrons. The van der Waals surface area contributed by atoms with Crippen molar-refractivity contribution in [2.24, 2.45) is 0 Å². The zero-order valence-electron chi connectivity index (χ0n) is 15.8. The van der Waals surface area contributed by atoms with Crippen LogP contribution in [-0.4, -0.2) is 0 Å². The minimum atomic E-state index is -1.57. The Balaban J connectivity index is 1.63. The van der Waals surface area contributed by atoms with E-state index in [-0.39, 0.29) is 11.1 Å². The van der Waals surface area contributed by atoms with Gasteiger partial charge in [-0.3, -0.25) is 0 Å². The van der Waals surface area contributed by atoms with Gasteiger partial charge in [0.05, 0.1) is 0 Å². The van der Waals surface area contributed by atoms with E-state index in [0.717, 1.165) is 34.4 Å². The van der Waals surface area contributed by atoms with Gasteiger partial charge in [-0.25, -0.2) is 17.6 Å².